The SMILES string of the molecule is CC(C)N1CCN(C(C)(C)C)C(c2ccccc2C2CC2)C1. The predicted octanol–water partition coefficient (Wildman–Crippen LogP) is 4.43. The number of nitrogens with zero attached hydrogens (tertiary/aromatic N) is 2. The van der Waals surface area contributed by atoms with Crippen molar-refractivity contribution < 1.29 is 0 Å². The van der Waals surface area contributed by atoms with E-state index in [2.05, 4.69) is 68.7 Å². The van der Waals surface area contributed by atoms with Gasteiger partial charge in [0.05, 0.1) is 0 Å². The minimum atomic E-state index is 0.227. The van der Waals surface area contributed by atoms with E-state index in [1.807, 2.05) is 0 Å². The number of benzene rings is 1. The van der Waals surface area contributed by atoms with Crippen LogP contribution in [0.4, 0.5) is 0 Å². The maximum absolute atomic E-state index is 2.73. The highest BCUT2D eigenvalue weighted by Crippen LogP contribution is 2.45. The Morgan fingerprint density at radius 2 is 1.64 bits per heavy atom. The molecule has 2 heteroatoms. The summed E-state index contributed by atoms with van der Waals surface area (Å²) in [6.07, 6.45) is 2.76. The quantitative estimate of drug-likeness (QED) is 0.815. The van der Waals surface area contributed by atoms with Crippen molar-refractivity contribution >= 4 is 0 Å². The fourth-order valence-corrected chi connectivity index (χ4v) is 3.92. The highest BCUT2D eigenvalue weighted by molar-refractivity contribution is 5.36. The summed E-state index contributed by atoms with van der Waals surface area (Å²) in [6, 6.07) is 10.4. The molecular formula is C20H32N2. The Bertz CT molecular complexity index is 511. The van der Waals surface area contributed by atoms with E-state index in [1.165, 1.54) is 32.5 Å². The van der Waals surface area contributed by atoms with Gasteiger partial charge in [0.1, 0.15) is 0 Å². The Hall–Kier alpha value is -0.860. The minimum absolute atomic E-state index is 0.227. The molecule has 1 aliphatic heterocycles. The fraction of sp³-hybridized carbons (Fsp3) is 0.700. The summed E-state index contributed by atoms with van der Waals surface area (Å²) >= 11 is 0. The molecule has 0 amide bonds. The highest BCUT2D eigenvalue weighted by atomic mass is 15.3. The lowest BCUT2D eigenvalue weighted by Gasteiger charge is -2.49. The Morgan fingerprint density at radius 3 is 2.18 bits per heavy atom. The van der Waals surface area contributed by atoms with E-state index in [4.69, 9.17) is 0 Å². The van der Waals surface area contributed by atoms with E-state index in [-0.39, 0.29) is 5.54 Å². The topological polar surface area (TPSA) is 6.48 Å². The van der Waals surface area contributed by atoms with Gasteiger partial charge in [-0.2, -0.15) is 0 Å². The monoisotopic (exact) mass is 300 g/mol. The van der Waals surface area contributed by atoms with Gasteiger partial charge < -0.3 is 0 Å². The third-order valence-electron chi connectivity index (χ3n) is 5.38. The van der Waals surface area contributed by atoms with Crippen LogP contribution < -0.4 is 0 Å². The maximum Gasteiger partial charge on any atom is 0.0483 e. The van der Waals surface area contributed by atoms with Gasteiger partial charge in [-0.15, -0.1) is 0 Å². The molecule has 0 bridgehead atoms. The van der Waals surface area contributed by atoms with E-state index in [9.17, 15) is 0 Å². The molecule has 2 aliphatic rings. The summed E-state index contributed by atoms with van der Waals surface area (Å²) < 4.78 is 0. The molecular weight excluding hydrogens is 268 g/mol. The van der Waals surface area contributed by atoms with Crippen LogP contribution in [-0.2, 0) is 0 Å². The fourth-order valence-electron chi connectivity index (χ4n) is 3.92. The van der Waals surface area contributed by atoms with E-state index in [0.717, 1.165) is 5.92 Å². The van der Waals surface area contributed by atoms with Crippen LogP contribution in [0.2, 0.25) is 0 Å². The molecule has 22 heavy (non-hydrogen) atoms. The Labute approximate surface area is 136 Å². The summed E-state index contributed by atoms with van der Waals surface area (Å²) in [6.45, 7) is 15.3. The molecule has 0 aromatic heterocycles. The van der Waals surface area contributed by atoms with Crippen molar-refractivity contribution in [2.45, 2.75) is 71.0 Å². The van der Waals surface area contributed by atoms with Crippen LogP contribution in [0.15, 0.2) is 24.3 Å². The lowest BCUT2D eigenvalue weighted by atomic mass is 9.90. The van der Waals surface area contributed by atoms with Gasteiger partial charge in [-0.3, -0.25) is 9.80 Å². The molecule has 3 rings (SSSR count). The van der Waals surface area contributed by atoms with Crippen molar-refractivity contribution in [1.29, 1.82) is 0 Å². The van der Waals surface area contributed by atoms with Gasteiger partial charge in [-0.05, 0) is 64.5 Å². The molecule has 0 radical (unpaired) electrons. The summed E-state index contributed by atoms with van der Waals surface area (Å²) in [5.41, 5.74) is 3.43. The van der Waals surface area contributed by atoms with Crippen LogP contribution in [0.5, 0.6) is 0 Å². The zero-order chi connectivity index (χ0) is 15.9. The largest absolute Gasteiger partial charge is 0.298 e. The minimum Gasteiger partial charge on any atom is -0.298 e. The third kappa shape index (κ3) is 3.23. The Morgan fingerprint density at radius 1 is 1.00 bits per heavy atom. The first kappa shape index (κ1) is 16.0. The van der Waals surface area contributed by atoms with Gasteiger partial charge in [0.25, 0.3) is 0 Å². The number of piperazine rings is 1. The van der Waals surface area contributed by atoms with Crippen molar-refractivity contribution in [3.8, 4) is 0 Å². The second kappa shape index (κ2) is 5.98. The summed E-state index contributed by atoms with van der Waals surface area (Å²) in [5.74, 6) is 0.826. The van der Waals surface area contributed by atoms with Crippen LogP contribution in [0.1, 0.15) is 70.5 Å². The lowest BCUT2D eigenvalue weighted by molar-refractivity contribution is -0.00211. The van der Waals surface area contributed by atoms with Crippen LogP contribution >= 0.6 is 0 Å². The van der Waals surface area contributed by atoms with Crippen LogP contribution in [0.25, 0.3) is 0 Å². The second-order valence-corrected chi connectivity index (χ2v) is 8.37. The molecule has 2 nitrogen and oxygen atoms in total. The standard InChI is InChI=1S/C20H32N2/c1-15(2)21-12-13-22(20(3,4)5)19(14-21)18-9-7-6-8-17(18)16-10-11-16/h6-9,15-16,19H,10-14H2,1-5H3. The van der Waals surface area contributed by atoms with E-state index >= 15 is 0 Å². The molecule has 122 valence electrons. The number of rotatable bonds is 3. The first-order chi connectivity index (χ1) is 10.4. The smallest absolute Gasteiger partial charge is 0.0483 e. The summed E-state index contributed by atoms with van der Waals surface area (Å²) in [4.78, 5) is 5.38. The third-order valence-corrected chi connectivity index (χ3v) is 5.38. The molecule has 1 saturated heterocycles. The number of hydrogen-bond donors (Lipinski definition) is 0. The molecule has 1 aromatic carbocycles. The van der Waals surface area contributed by atoms with Crippen molar-refractivity contribution in [3.05, 3.63) is 35.4 Å². The van der Waals surface area contributed by atoms with Gasteiger partial charge >= 0.3 is 0 Å². The zero-order valence-electron chi connectivity index (χ0n) is 15.0. The molecule has 1 aliphatic carbocycles. The Balaban J connectivity index is 1.95. The average molecular weight is 300 g/mol. The molecule has 1 aromatic rings. The van der Waals surface area contributed by atoms with E-state index < -0.39 is 0 Å². The van der Waals surface area contributed by atoms with Gasteiger partial charge in [0, 0.05) is 37.3 Å². The normalized spacial score (nSPS) is 24.9. The van der Waals surface area contributed by atoms with Gasteiger partial charge in [-0.1, -0.05) is 24.3 Å². The lowest BCUT2D eigenvalue weighted by Crippen LogP contribution is -2.56. The zero-order valence-corrected chi connectivity index (χ0v) is 15.0. The first-order valence-corrected chi connectivity index (χ1v) is 8.97. The van der Waals surface area contributed by atoms with Crippen molar-refractivity contribution in [2.24, 2.45) is 0 Å². The van der Waals surface area contributed by atoms with Crippen LogP contribution in [-0.4, -0.2) is 41.0 Å². The predicted molar refractivity (Wildman–Crippen MR) is 94.3 cm³/mol. The van der Waals surface area contributed by atoms with E-state index in [1.54, 1.807) is 11.1 Å². The molecule has 1 heterocycles. The molecule has 1 unspecified atom stereocenters. The molecule has 1 atom stereocenters. The van der Waals surface area contributed by atoms with Crippen LogP contribution in [0.3, 0.4) is 0 Å². The first-order valence-electron chi connectivity index (χ1n) is 8.97. The van der Waals surface area contributed by atoms with Crippen molar-refractivity contribution in [1.82, 2.24) is 9.80 Å². The summed E-state index contributed by atoms with van der Waals surface area (Å²) in [7, 11) is 0. The maximum atomic E-state index is 2.73. The van der Waals surface area contributed by atoms with Gasteiger partial charge in [0.2, 0.25) is 0 Å². The second-order valence-electron chi connectivity index (χ2n) is 8.37. The van der Waals surface area contributed by atoms with E-state index in [0.29, 0.717) is 12.1 Å². The van der Waals surface area contributed by atoms with Gasteiger partial charge in [0.15, 0.2) is 0 Å². The number of hydrogen-bond acceptors (Lipinski definition) is 2. The van der Waals surface area contributed by atoms with Crippen molar-refractivity contribution in [3.63, 3.8) is 0 Å². The van der Waals surface area contributed by atoms with Crippen molar-refractivity contribution in [2.75, 3.05) is 19.6 Å². The van der Waals surface area contributed by atoms with Crippen LogP contribution in [0, 0.1) is 0 Å². The highest BCUT2D eigenvalue weighted by Gasteiger charge is 2.38. The molecule has 0 N–H and O–H groups in total. The summed E-state index contributed by atoms with van der Waals surface area (Å²) in [5, 5.41) is 0. The molecule has 2 fully saturated rings. The molecule has 1 saturated carbocycles. The molecule has 0 spiro atoms. The average Bonchev–Trinajstić information content (AvgIpc) is 3.30. The Kier molecular flexibility index (Phi) is 4.35. The van der Waals surface area contributed by atoms with Gasteiger partial charge in [-0.25, -0.2) is 0 Å².